The molecule has 0 bridgehead atoms. The van der Waals surface area contributed by atoms with Crippen LogP contribution in [0.3, 0.4) is 0 Å². The first kappa shape index (κ1) is 16.4. The summed E-state index contributed by atoms with van der Waals surface area (Å²) in [4.78, 5) is 13.9. The van der Waals surface area contributed by atoms with Crippen LogP contribution in [0, 0.1) is 10.8 Å². The second-order valence-electron chi connectivity index (χ2n) is 7.98. The third-order valence-corrected chi connectivity index (χ3v) is 3.95. The second-order valence-corrected chi connectivity index (χ2v) is 7.98. The van der Waals surface area contributed by atoms with Crippen LogP contribution in [-0.2, 0) is 4.79 Å². The molecule has 0 aromatic heterocycles. The fraction of sp³-hybridized carbons (Fsp3) is 0.933. The van der Waals surface area contributed by atoms with Crippen LogP contribution in [0.25, 0.3) is 0 Å². The van der Waals surface area contributed by atoms with E-state index >= 15 is 0 Å². The number of carboxylic acids is 1. The number of nitrogens with zero attached hydrogens (tertiary/aromatic N) is 1. The van der Waals surface area contributed by atoms with E-state index in [9.17, 15) is 9.90 Å². The van der Waals surface area contributed by atoms with E-state index in [1.165, 1.54) is 0 Å². The lowest BCUT2D eigenvalue weighted by Gasteiger charge is -2.50. The van der Waals surface area contributed by atoms with Gasteiger partial charge in [-0.25, -0.2) is 0 Å². The molecule has 19 heavy (non-hydrogen) atoms. The van der Waals surface area contributed by atoms with Crippen LogP contribution < -0.4 is 5.32 Å². The van der Waals surface area contributed by atoms with Gasteiger partial charge in [0.2, 0.25) is 0 Å². The number of carbonyl (C=O) groups is 1. The van der Waals surface area contributed by atoms with Crippen LogP contribution >= 0.6 is 0 Å². The Hall–Kier alpha value is -0.610. The lowest BCUT2D eigenvalue weighted by molar-refractivity contribution is -0.151. The highest BCUT2D eigenvalue weighted by atomic mass is 16.4. The molecule has 1 aliphatic rings. The minimum Gasteiger partial charge on any atom is -0.480 e. The summed E-state index contributed by atoms with van der Waals surface area (Å²) in [5.41, 5.74) is -0.655. The molecule has 1 rings (SSSR count). The number of hydrogen-bond acceptors (Lipinski definition) is 3. The molecule has 1 saturated carbocycles. The predicted molar refractivity (Wildman–Crippen MR) is 78.3 cm³/mol. The van der Waals surface area contributed by atoms with Crippen molar-refractivity contribution < 1.29 is 9.90 Å². The van der Waals surface area contributed by atoms with Crippen LogP contribution in [0.4, 0.5) is 0 Å². The molecule has 1 aliphatic carbocycles. The van der Waals surface area contributed by atoms with Crippen molar-refractivity contribution in [3.8, 4) is 0 Å². The molecule has 0 heterocycles. The van der Waals surface area contributed by atoms with Gasteiger partial charge in [0.1, 0.15) is 5.54 Å². The van der Waals surface area contributed by atoms with Crippen molar-refractivity contribution in [2.75, 3.05) is 27.2 Å². The lowest BCUT2D eigenvalue weighted by Crippen LogP contribution is -2.60. The highest BCUT2D eigenvalue weighted by Gasteiger charge is 2.51. The number of rotatable bonds is 5. The number of likely N-dealkylation sites (N-methyl/N-ethyl adjacent to an activating group) is 1. The first-order chi connectivity index (χ1) is 8.48. The van der Waals surface area contributed by atoms with Crippen molar-refractivity contribution in [2.45, 2.75) is 52.5 Å². The summed E-state index contributed by atoms with van der Waals surface area (Å²) < 4.78 is 0. The van der Waals surface area contributed by atoms with Gasteiger partial charge in [-0.1, -0.05) is 27.7 Å². The SMILES string of the molecule is CN(C)CCNC1(C(=O)O)CC(C)(C)CC(C)(C)C1. The van der Waals surface area contributed by atoms with Gasteiger partial charge in [-0.2, -0.15) is 0 Å². The topological polar surface area (TPSA) is 52.6 Å². The smallest absolute Gasteiger partial charge is 0.323 e. The van der Waals surface area contributed by atoms with Crippen LogP contribution in [0.15, 0.2) is 0 Å². The van der Waals surface area contributed by atoms with Crippen molar-refractivity contribution in [1.82, 2.24) is 10.2 Å². The van der Waals surface area contributed by atoms with E-state index in [1.807, 2.05) is 14.1 Å². The van der Waals surface area contributed by atoms with E-state index in [4.69, 9.17) is 0 Å². The zero-order chi connectivity index (χ0) is 14.9. The molecule has 0 aromatic carbocycles. The Labute approximate surface area is 117 Å². The first-order valence-corrected chi connectivity index (χ1v) is 7.11. The lowest BCUT2D eigenvalue weighted by atomic mass is 9.58. The third-order valence-electron chi connectivity index (χ3n) is 3.95. The van der Waals surface area contributed by atoms with Gasteiger partial charge in [0.05, 0.1) is 0 Å². The van der Waals surface area contributed by atoms with Gasteiger partial charge in [0.25, 0.3) is 0 Å². The minimum absolute atomic E-state index is 0.0608. The summed E-state index contributed by atoms with van der Waals surface area (Å²) in [5, 5.41) is 13.1. The van der Waals surface area contributed by atoms with Gasteiger partial charge < -0.3 is 15.3 Å². The van der Waals surface area contributed by atoms with Gasteiger partial charge >= 0.3 is 5.97 Å². The summed E-state index contributed by atoms with van der Waals surface area (Å²) in [6, 6.07) is 0. The summed E-state index contributed by atoms with van der Waals surface area (Å²) in [7, 11) is 4.01. The van der Waals surface area contributed by atoms with Crippen molar-refractivity contribution >= 4 is 5.97 Å². The standard InChI is InChI=1S/C15H30N2O2/c1-13(2)9-14(3,4)11-15(10-13,12(18)19)16-7-8-17(5)6/h16H,7-11H2,1-6H3,(H,18,19). The number of hydrogen-bond donors (Lipinski definition) is 2. The second kappa shape index (κ2) is 5.41. The Morgan fingerprint density at radius 1 is 1.11 bits per heavy atom. The van der Waals surface area contributed by atoms with Crippen LogP contribution in [-0.4, -0.2) is 48.7 Å². The molecule has 0 spiro atoms. The normalized spacial score (nSPS) is 24.4. The van der Waals surface area contributed by atoms with E-state index in [0.717, 1.165) is 13.0 Å². The maximum atomic E-state index is 11.9. The molecule has 4 heteroatoms. The molecule has 0 unspecified atom stereocenters. The molecule has 112 valence electrons. The van der Waals surface area contributed by atoms with Gasteiger partial charge in [0, 0.05) is 13.1 Å². The zero-order valence-electron chi connectivity index (χ0n) is 13.3. The van der Waals surface area contributed by atoms with Crippen LogP contribution in [0.2, 0.25) is 0 Å². The highest BCUT2D eigenvalue weighted by Crippen LogP contribution is 2.50. The van der Waals surface area contributed by atoms with E-state index in [0.29, 0.717) is 19.4 Å². The molecule has 0 aliphatic heterocycles. The average Bonchev–Trinajstić information content (AvgIpc) is 2.11. The number of aliphatic carboxylic acids is 1. The van der Waals surface area contributed by atoms with E-state index in [2.05, 4.69) is 37.9 Å². The zero-order valence-corrected chi connectivity index (χ0v) is 13.3. The summed E-state index contributed by atoms with van der Waals surface area (Å²) in [6.45, 7) is 10.3. The van der Waals surface area contributed by atoms with E-state index in [1.54, 1.807) is 0 Å². The maximum absolute atomic E-state index is 11.9. The molecule has 0 aromatic rings. The van der Waals surface area contributed by atoms with Crippen LogP contribution in [0.1, 0.15) is 47.0 Å². The molecule has 4 nitrogen and oxygen atoms in total. The monoisotopic (exact) mass is 270 g/mol. The predicted octanol–water partition coefficient (Wildman–Crippen LogP) is 2.20. The minimum atomic E-state index is -0.777. The van der Waals surface area contributed by atoms with Crippen molar-refractivity contribution in [3.63, 3.8) is 0 Å². The maximum Gasteiger partial charge on any atom is 0.323 e. The third kappa shape index (κ3) is 4.46. The quantitative estimate of drug-likeness (QED) is 0.804. The van der Waals surface area contributed by atoms with Gasteiger partial charge in [-0.15, -0.1) is 0 Å². The average molecular weight is 270 g/mol. The molecule has 0 amide bonds. The Bertz CT molecular complexity index is 319. The number of carboxylic acid groups (broad SMARTS) is 1. The number of nitrogens with one attached hydrogen (secondary N) is 1. The van der Waals surface area contributed by atoms with Gasteiger partial charge in [0.15, 0.2) is 0 Å². The summed E-state index contributed by atoms with van der Waals surface area (Å²) in [5.74, 6) is -0.702. The highest BCUT2D eigenvalue weighted by molar-refractivity contribution is 5.79. The van der Waals surface area contributed by atoms with Crippen molar-refractivity contribution in [3.05, 3.63) is 0 Å². The molecule has 0 atom stereocenters. The van der Waals surface area contributed by atoms with Gasteiger partial charge in [-0.05, 0) is 44.2 Å². The first-order valence-electron chi connectivity index (χ1n) is 7.11. The Balaban J connectivity index is 2.88. The fourth-order valence-corrected chi connectivity index (χ4v) is 3.99. The Morgan fingerprint density at radius 3 is 1.95 bits per heavy atom. The van der Waals surface area contributed by atoms with E-state index in [-0.39, 0.29) is 10.8 Å². The molecular formula is C15H30N2O2. The molecular weight excluding hydrogens is 240 g/mol. The van der Waals surface area contributed by atoms with Crippen molar-refractivity contribution in [1.29, 1.82) is 0 Å². The van der Waals surface area contributed by atoms with E-state index < -0.39 is 11.5 Å². The fourth-order valence-electron chi connectivity index (χ4n) is 3.99. The Morgan fingerprint density at radius 2 is 1.58 bits per heavy atom. The largest absolute Gasteiger partial charge is 0.480 e. The van der Waals surface area contributed by atoms with Gasteiger partial charge in [-0.3, -0.25) is 4.79 Å². The molecule has 0 radical (unpaired) electrons. The summed E-state index contributed by atoms with van der Waals surface area (Å²) >= 11 is 0. The molecule has 0 saturated heterocycles. The molecule has 1 fully saturated rings. The van der Waals surface area contributed by atoms with Crippen molar-refractivity contribution in [2.24, 2.45) is 10.8 Å². The molecule has 2 N–H and O–H groups in total. The summed E-state index contributed by atoms with van der Waals surface area (Å²) in [6.07, 6.45) is 2.47. The van der Waals surface area contributed by atoms with Crippen LogP contribution in [0.5, 0.6) is 0 Å². The Kier molecular flexibility index (Phi) is 4.68.